The number of aliphatic hydroxyl groups is 3. The highest BCUT2D eigenvalue weighted by Gasteiger charge is 2.31. The fraction of sp³-hybridized carbons (Fsp3) is 0.667. The van der Waals surface area contributed by atoms with Gasteiger partial charge in [-0.3, -0.25) is 19.2 Å². The van der Waals surface area contributed by atoms with Crippen LogP contribution < -0.4 is 10.6 Å². The lowest BCUT2D eigenvalue weighted by atomic mass is 10.0. The van der Waals surface area contributed by atoms with Crippen LogP contribution in [-0.2, 0) is 28.7 Å². The molecule has 132 valence electrons. The first-order chi connectivity index (χ1) is 10.7. The van der Waals surface area contributed by atoms with Gasteiger partial charge >= 0.3 is 11.9 Å². The van der Waals surface area contributed by atoms with E-state index in [1.807, 2.05) is 5.32 Å². The van der Waals surface area contributed by atoms with E-state index in [0.29, 0.717) is 0 Å². The van der Waals surface area contributed by atoms with Crippen LogP contribution in [0, 0.1) is 0 Å². The largest absolute Gasteiger partial charge is 0.468 e. The number of nitrogens with one attached hydrogen (secondary N) is 2. The normalized spacial score (nSPS) is 14.1. The molecule has 0 aromatic carbocycles. The highest BCUT2D eigenvalue weighted by molar-refractivity contribution is 5.85. The van der Waals surface area contributed by atoms with Crippen molar-refractivity contribution in [3.05, 3.63) is 0 Å². The molecule has 23 heavy (non-hydrogen) atoms. The third kappa shape index (κ3) is 8.09. The molecular weight excluding hydrogens is 316 g/mol. The van der Waals surface area contributed by atoms with Crippen LogP contribution in [0.3, 0.4) is 0 Å². The minimum atomic E-state index is -2.07. The molecule has 11 heteroatoms. The van der Waals surface area contributed by atoms with Crippen molar-refractivity contribution in [1.29, 1.82) is 0 Å². The Labute approximate surface area is 131 Å². The van der Waals surface area contributed by atoms with E-state index in [1.54, 1.807) is 0 Å². The van der Waals surface area contributed by atoms with Crippen LogP contribution in [-0.4, -0.2) is 84.7 Å². The molecule has 0 aromatic heterocycles. The van der Waals surface area contributed by atoms with Gasteiger partial charge in [-0.15, -0.1) is 0 Å². The third-order valence-electron chi connectivity index (χ3n) is 2.67. The van der Waals surface area contributed by atoms with Crippen LogP contribution in [0.15, 0.2) is 0 Å². The summed E-state index contributed by atoms with van der Waals surface area (Å²) in [4.78, 5) is 44.5. The van der Waals surface area contributed by atoms with Gasteiger partial charge < -0.3 is 35.4 Å². The molecule has 0 fully saturated rings. The maximum atomic E-state index is 11.4. The standard InChI is InChI=1S/C12H20N2O9/c1-22-8(17)4-13-7(16)3-6(15)10(19)11(20)12(21)14-5-9(18)23-2/h6,10-11,15,19-20H,3-5H2,1-2H3,(H,13,16)(H,14,21)/t6-,10+,11-/m1/s1. The van der Waals surface area contributed by atoms with Gasteiger partial charge in [-0.2, -0.15) is 0 Å². The molecule has 0 saturated heterocycles. The molecule has 0 aliphatic heterocycles. The molecule has 0 rings (SSSR count). The van der Waals surface area contributed by atoms with Crippen LogP contribution >= 0.6 is 0 Å². The number of methoxy groups -OCH3 is 2. The van der Waals surface area contributed by atoms with Crippen LogP contribution in [0.1, 0.15) is 6.42 Å². The molecule has 0 heterocycles. The molecular formula is C12H20N2O9. The summed E-state index contributed by atoms with van der Waals surface area (Å²) in [5, 5.41) is 32.8. The van der Waals surface area contributed by atoms with Gasteiger partial charge in [-0.1, -0.05) is 0 Å². The molecule has 11 nitrogen and oxygen atoms in total. The third-order valence-corrected chi connectivity index (χ3v) is 2.67. The Hall–Kier alpha value is -2.24. The smallest absolute Gasteiger partial charge is 0.325 e. The van der Waals surface area contributed by atoms with E-state index in [2.05, 4.69) is 14.8 Å². The van der Waals surface area contributed by atoms with Gasteiger partial charge in [-0.25, -0.2) is 0 Å². The maximum Gasteiger partial charge on any atom is 0.325 e. The van der Waals surface area contributed by atoms with Gasteiger partial charge in [0.1, 0.15) is 19.2 Å². The van der Waals surface area contributed by atoms with Crippen LogP contribution in [0.2, 0.25) is 0 Å². The fourth-order valence-electron chi connectivity index (χ4n) is 1.33. The summed E-state index contributed by atoms with van der Waals surface area (Å²) >= 11 is 0. The summed E-state index contributed by atoms with van der Waals surface area (Å²) in [6.07, 6.45) is -6.48. The quantitative estimate of drug-likeness (QED) is 0.263. The van der Waals surface area contributed by atoms with Crippen LogP contribution in [0.25, 0.3) is 0 Å². The average molecular weight is 336 g/mol. The van der Waals surface area contributed by atoms with Gasteiger partial charge in [0.15, 0.2) is 6.10 Å². The minimum absolute atomic E-state index is 0.430. The maximum absolute atomic E-state index is 11.4. The zero-order valence-corrected chi connectivity index (χ0v) is 12.6. The number of amides is 2. The molecule has 0 aliphatic rings. The van der Waals surface area contributed by atoms with Crippen molar-refractivity contribution in [1.82, 2.24) is 10.6 Å². The lowest BCUT2D eigenvalue weighted by Gasteiger charge is -2.21. The number of carbonyl (C=O) groups is 4. The monoisotopic (exact) mass is 336 g/mol. The lowest BCUT2D eigenvalue weighted by molar-refractivity contribution is -0.147. The van der Waals surface area contributed by atoms with Gasteiger partial charge in [0.25, 0.3) is 5.91 Å². The topological polar surface area (TPSA) is 171 Å². The van der Waals surface area contributed by atoms with E-state index >= 15 is 0 Å². The molecule has 0 unspecified atom stereocenters. The zero-order valence-electron chi connectivity index (χ0n) is 12.6. The fourth-order valence-corrected chi connectivity index (χ4v) is 1.33. The number of hydrogen-bond donors (Lipinski definition) is 5. The number of carbonyl (C=O) groups excluding carboxylic acids is 4. The van der Waals surface area contributed by atoms with Crippen molar-refractivity contribution < 1.29 is 44.0 Å². The summed E-state index contributed by atoms with van der Waals surface area (Å²) in [5.74, 6) is -3.42. The summed E-state index contributed by atoms with van der Waals surface area (Å²) in [6, 6.07) is 0. The second kappa shape index (κ2) is 10.5. The Bertz CT molecular complexity index is 440. The van der Waals surface area contributed by atoms with Crippen molar-refractivity contribution in [2.75, 3.05) is 27.3 Å². The number of hydrogen-bond acceptors (Lipinski definition) is 9. The SMILES string of the molecule is COC(=O)CNC(=O)C[C@@H](O)[C@H](O)[C@@H](O)C(=O)NCC(=O)OC. The Morgan fingerprint density at radius 2 is 1.39 bits per heavy atom. The van der Waals surface area contributed by atoms with E-state index < -0.39 is 61.6 Å². The molecule has 0 saturated carbocycles. The Morgan fingerprint density at radius 1 is 0.913 bits per heavy atom. The zero-order chi connectivity index (χ0) is 18.0. The number of esters is 2. The predicted molar refractivity (Wildman–Crippen MR) is 72.7 cm³/mol. The summed E-state index contributed by atoms with van der Waals surface area (Å²) in [7, 11) is 2.22. The highest BCUT2D eigenvalue weighted by atomic mass is 16.5. The van der Waals surface area contributed by atoms with E-state index in [1.165, 1.54) is 0 Å². The van der Waals surface area contributed by atoms with Crippen molar-refractivity contribution in [3.8, 4) is 0 Å². The summed E-state index contributed by atoms with van der Waals surface area (Å²) in [6.45, 7) is -0.963. The molecule has 0 bridgehead atoms. The molecule has 0 spiro atoms. The molecule has 0 aliphatic carbocycles. The van der Waals surface area contributed by atoms with Gasteiger partial charge in [-0.05, 0) is 0 Å². The van der Waals surface area contributed by atoms with E-state index in [4.69, 9.17) is 0 Å². The first-order valence-corrected chi connectivity index (χ1v) is 6.45. The van der Waals surface area contributed by atoms with Crippen molar-refractivity contribution in [2.24, 2.45) is 0 Å². The van der Waals surface area contributed by atoms with Crippen LogP contribution in [0.4, 0.5) is 0 Å². The summed E-state index contributed by atoms with van der Waals surface area (Å²) in [5.41, 5.74) is 0. The van der Waals surface area contributed by atoms with Crippen molar-refractivity contribution in [2.45, 2.75) is 24.7 Å². The Balaban J connectivity index is 4.32. The summed E-state index contributed by atoms with van der Waals surface area (Å²) < 4.78 is 8.54. The van der Waals surface area contributed by atoms with Crippen molar-refractivity contribution in [3.63, 3.8) is 0 Å². The van der Waals surface area contributed by atoms with E-state index in [9.17, 15) is 34.5 Å². The Morgan fingerprint density at radius 3 is 1.87 bits per heavy atom. The van der Waals surface area contributed by atoms with Gasteiger partial charge in [0.05, 0.1) is 26.7 Å². The predicted octanol–water partition coefficient (Wildman–Crippen LogP) is -3.96. The van der Waals surface area contributed by atoms with Crippen LogP contribution in [0.5, 0.6) is 0 Å². The lowest BCUT2D eigenvalue weighted by Crippen LogP contribution is -2.49. The van der Waals surface area contributed by atoms with Gasteiger partial charge in [0, 0.05) is 0 Å². The van der Waals surface area contributed by atoms with Crippen molar-refractivity contribution >= 4 is 23.8 Å². The molecule has 5 N–H and O–H groups in total. The second-order valence-corrected chi connectivity index (χ2v) is 4.35. The number of aliphatic hydroxyl groups excluding tert-OH is 3. The molecule has 0 aromatic rings. The first-order valence-electron chi connectivity index (χ1n) is 6.45. The molecule has 2 amide bonds. The number of ether oxygens (including phenoxy) is 2. The minimum Gasteiger partial charge on any atom is -0.468 e. The average Bonchev–Trinajstić information content (AvgIpc) is 2.55. The second-order valence-electron chi connectivity index (χ2n) is 4.35. The Kier molecular flexibility index (Phi) is 9.46. The molecule has 3 atom stereocenters. The highest BCUT2D eigenvalue weighted by Crippen LogP contribution is 2.05. The first kappa shape index (κ1) is 20.8. The van der Waals surface area contributed by atoms with E-state index in [0.717, 1.165) is 14.2 Å². The van der Waals surface area contributed by atoms with Gasteiger partial charge in [0.2, 0.25) is 5.91 Å². The van der Waals surface area contributed by atoms with E-state index in [-0.39, 0.29) is 0 Å². The number of rotatable bonds is 9. The molecule has 0 radical (unpaired) electrons.